The van der Waals surface area contributed by atoms with Crippen molar-refractivity contribution < 1.29 is 4.79 Å². The van der Waals surface area contributed by atoms with Crippen LogP contribution in [-0.4, -0.2) is 10.4 Å². The van der Waals surface area contributed by atoms with Crippen molar-refractivity contribution in [1.29, 1.82) is 0 Å². The second kappa shape index (κ2) is 4.71. The number of hydrogen-bond acceptors (Lipinski definition) is 1. The normalized spacial score (nSPS) is 9.88. The highest BCUT2D eigenvalue weighted by atomic mass is 16.1. The first kappa shape index (κ1) is 11.2. The van der Waals surface area contributed by atoms with Gasteiger partial charge >= 0.3 is 0 Å². The molecule has 1 aromatic carbocycles. The highest BCUT2D eigenvalue weighted by Crippen LogP contribution is 2.11. The SMILES string of the molecule is C#CCn1cccc1C(=O)c1ccc(C)cc1. The summed E-state index contributed by atoms with van der Waals surface area (Å²) in [5.74, 6) is 2.54. The molecule has 2 nitrogen and oxygen atoms in total. The molecule has 0 spiro atoms. The number of rotatable bonds is 3. The number of terminal acetylenes is 1. The zero-order valence-corrected chi connectivity index (χ0v) is 9.68. The summed E-state index contributed by atoms with van der Waals surface area (Å²) in [5.41, 5.74) is 2.46. The second-order valence-corrected chi connectivity index (χ2v) is 3.92. The number of benzene rings is 1. The lowest BCUT2D eigenvalue weighted by molar-refractivity contribution is 0.103. The molecule has 0 atom stereocenters. The van der Waals surface area contributed by atoms with Crippen LogP contribution in [0.15, 0.2) is 42.6 Å². The fourth-order valence-electron chi connectivity index (χ4n) is 1.71. The van der Waals surface area contributed by atoms with Gasteiger partial charge in [0.25, 0.3) is 0 Å². The molecule has 0 fully saturated rings. The molecular weight excluding hydrogens is 210 g/mol. The van der Waals surface area contributed by atoms with Crippen molar-refractivity contribution in [2.75, 3.05) is 0 Å². The summed E-state index contributed by atoms with van der Waals surface area (Å²) >= 11 is 0. The van der Waals surface area contributed by atoms with Crippen molar-refractivity contribution >= 4 is 5.78 Å². The van der Waals surface area contributed by atoms with E-state index in [9.17, 15) is 4.79 Å². The van der Waals surface area contributed by atoms with Gasteiger partial charge in [-0.2, -0.15) is 0 Å². The maximum absolute atomic E-state index is 12.2. The molecule has 84 valence electrons. The third-order valence-corrected chi connectivity index (χ3v) is 2.64. The Morgan fingerprint density at radius 1 is 1.29 bits per heavy atom. The summed E-state index contributed by atoms with van der Waals surface area (Å²) in [5, 5.41) is 0. The Hall–Kier alpha value is -2.27. The van der Waals surface area contributed by atoms with Crippen LogP contribution in [-0.2, 0) is 6.54 Å². The first-order valence-electron chi connectivity index (χ1n) is 5.42. The lowest BCUT2D eigenvalue weighted by Gasteiger charge is -2.05. The number of carbonyl (C=O) groups excluding carboxylic acids is 1. The van der Waals surface area contributed by atoms with Crippen LogP contribution in [0.4, 0.5) is 0 Å². The number of nitrogens with zero attached hydrogens (tertiary/aromatic N) is 1. The van der Waals surface area contributed by atoms with Crippen LogP contribution in [0.1, 0.15) is 21.6 Å². The average Bonchev–Trinajstić information content (AvgIpc) is 2.78. The van der Waals surface area contributed by atoms with Gasteiger partial charge < -0.3 is 4.57 Å². The van der Waals surface area contributed by atoms with Crippen LogP contribution in [0, 0.1) is 19.3 Å². The van der Waals surface area contributed by atoms with Crippen LogP contribution in [0.5, 0.6) is 0 Å². The zero-order chi connectivity index (χ0) is 12.3. The molecule has 1 heterocycles. The van der Waals surface area contributed by atoms with E-state index in [4.69, 9.17) is 6.42 Å². The van der Waals surface area contributed by atoms with Crippen LogP contribution in [0.25, 0.3) is 0 Å². The van der Waals surface area contributed by atoms with Gasteiger partial charge in [-0.05, 0) is 19.1 Å². The van der Waals surface area contributed by atoms with E-state index in [1.165, 1.54) is 0 Å². The van der Waals surface area contributed by atoms with Crippen molar-refractivity contribution in [3.8, 4) is 12.3 Å². The van der Waals surface area contributed by atoms with E-state index >= 15 is 0 Å². The molecule has 0 saturated heterocycles. The predicted octanol–water partition coefficient (Wildman–Crippen LogP) is 2.66. The first-order chi connectivity index (χ1) is 8.22. The fourth-order valence-corrected chi connectivity index (χ4v) is 1.71. The molecule has 0 aliphatic heterocycles. The molecule has 0 aliphatic carbocycles. The fraction of sp³-hybridized carbons (Fsp3) is 0.133. The standard InChI is InChI=1S/C15H13NO/c1-3-10-16-11-4-5-14(16)15(17)13-8-6-12(2)7-9-13/h1,4-9,11H,10H2,2H3. The van der Waals surface area contributed by atoms with E-state index in [2.05, 4.69) is 5.92 Å². The van der Waals surface area contributed by atoms with Gasteiger partial charge in [0.05, 0.1) is 12.2 Å². The van der Waals surface area contributed by atoms with Gasteiger partial charge in [-0.3, -0.25) is 4.79 Å². The number of carbonyl (C=O) groups is 1. The van der Waals surface area contributed by atoms with Crippen LogP contribution in [0.3, 0.4) is 0 Å². The van der Waals surface area contributed by atoms with Gasteiger partial charge in [0.2, 0.25) is 5.78 Å². The summed E-state index contributed by atoms with van der Waals surface area (Å²) in [6.07, 6.45) is 7.09. The van der Waals surface area contributed by atoms with Crippen molar-refractivity contribution in [3.63, 3.8) is 0 Å². The molecule has 1 aromatic heterocycles. The minimum absolute atomic E-state index is 0.00486. The smallest absolute Gasteiger partial charge is 0.209 e. The van der Waals surface area contributed by atoms with Gasteiger partial charge in [-0.15, -0.1) is 6.42 Å². The van der Waals surface area contributed by atoms with E-state index in [-0.39, 0.29) is 5.78 Å². The van der Waals surface area contributed by atoms with Gasteiger partial charge in [-0.25, -0.2) is 0 Å². The molecule has 0 amide bonds. The van der Waals surface area contributed by atoms with E-state index in [0.717, 1.165) is 5.56 Å². The summed E-state index contributed by atoms with van der Waals surface area (Å²) in [6, 6.07) is 11.2. The Kier molecular flexibility index (Phi) is 3.11. The highest BCUT2D eigenvalue weighted by Gasteiger charge is 2.12. The van der Waals surface area contributed by atoms with Crippen LogP contribution >= 0.6 is 0 Å². The van der Waals surface area contributed by atoms with Crippen LogP contribution < -0.4 is 0 Å². The second-order valence-electron chi connectivity index (χ2n) is 3.92. The molecule has 17 heavy (non-hydrogen) atoms. The average molecular weight is 223 g/mol. The number of ketones is 1. The number of aromatic nitrogens is 1. The molecule has 0 radical (unpaired) electrons. The molecule has 2 heteroatoms. The molecule has 0 aliphatic rings. The van der Waals surface area contributed by atoms with E-state index < -0.39 is 0 Å². The number of hydrogen-bond donors (Lipinski definition) is 0. The van der Waals surface area contributed by atoms with Gasteiger partial charge in [0.15, 0.2) is 0 Å². The van der Waals surface area contributed by atoms with Gasteiger partial charge in [0, 0.05) is 11.8 Å². The quantitative estimate of drug-likeness (QED) is 0.579. The van der Waals surface area contributed by atoms with E-state index in [1.807, 2.05) is 43.5 Å². The Labute approximate surface area is 101 Å². The van der Waals surface area contributed by atoms with Crippen LogP contribution in [0.2, 0.25) is 0 Å². The zero-order valence-electron chi connectivity index (χ0n) is 9.68. The molecule has 2 rings (SSSR count). The topological polar surface area (TPSA) is 22.0 Å². The Morgan fingerprint density at radius 3 is 2.65 bits per heavy atom. The van der Waals surface area contributed by atoms with Crippen molar-refractivity contribution in [2.45, 2.75) is 13.5 Å². The third-order valence-electron chi connectivity index (χ3n) is 2.64. The molecule has 0 unspecified atom stereocenters. The van der Waals surface area contributed by atoms with E-state index in [1.54, 1.807) is 10.6 Å². The predicted molar refractivity (Wildman–Crippen MR) is 67.9 cm³/mol. The summed E-state index contributed by atoms with van der Waals surface area (Å²) in [7, 11) is 0. The Balaban J connectivity index is 2.34. The first-order valence-corrected chi connectivity index (χ1v) is 5.42. The summed E-state index contributed by atoms with van der Waals surface area (Å²) in [4.78, 5) is 12.2. The molecule has 0 bridgehead atoms. The van der Waals surface area contributed by atoms with Gasteiger partial charge in [0.1, 0.15) is 0 Å². The Bertz CT molecular complexity index is 570. The highest BCUT2D eigenvalue weighted by molar-refractivity contribution is 6.08. The lowest BCUT2D eigenvalue weighted by Crippen LogP contribution is -2.09. The summed E-state index contributed by atoms with van der Waals surface area (Å²) < 4.78 is 1.78. The van der Waals surface area contributed by atoms with Crippen molar-refractivity contribution in [2.24, 2.45) is 0 Å². The van der Waals surface area contributed by atoms with Crippen molar-refractivity contribution in [3.05, 3.63) is 59.4 Å². The monoisotopic (exact) mass is 223 g/mol. The Morgan fingerprint density at radius 2 is 2.00 bits per heavy atom. The molecular formula is C15H13NO. The maximum Gasteiger partial charge on any atom is 0.209 e. The molecule has 0 saturated carbocycles. The van der Waals surface area contributed by atoms with Crippen molar-refractivity contribution in [1.82, 2.24) is 4.57 Å². The molecule has 0 N–H and O–H groups in total. The van der Waals surface area contributed by atoms with Gasteiger partial charge in [-0.1, -0.05) is 35.7 Å². The maximum atomic E-state index is 12.2. The minimum Gasteiger partial charge on any atom is -0.333 e. The largest absolute Gasteiger partial charge is 0.333 e. The number of aryl methyl sites for hydroxylation is 1. The molecule has 2 aromatic rings. The van der Waals surface area contributed by atoms with E-state index in [0.29, 0.717) is 17.8 Å². The lowest BCUT2D eigenvalue weighted by atomic mass is 10.1. The third kappa shape index (κ3) is 2.29. The minimum atomic E-state index is 0.00486. The summed E-state index contributed by atoms with van der Waals surface area (Å²) in [6.45, 7) is 2.41.